The van der Waals surface area contributed by atoms with E-state index in [0.717, 1.165) is 19.6 Å². The second-order valence-electron chi connectivity index (χ2n) is 4.95. The van der Waals surface area contributed by atoms with Crippen LogP contribution in [0.15, 0.2) is 18.2 Å². The zero-order valence-corrected chi connectivity index (χ0v) is 12.0. The number of hydrogen-bond acceptors (Lipinski definition) is 4. The van der Waals surface area contributed by atoms with Gasteiger partial charge in [-0.15, -0.1) is 0 Å². The monoisotopic (exact) mass is 282 g/mol. The first-order valence-electron chi connectivity index (χ1n) is 6.36. The van der Waals surface area contributed by atoms with Crippen molar-refractivity contribution in [1.82, 2.24) is 20.1 Å². The molecule has 0 aliphatic carbocycles. The van der Waals surface area contributed by atoms with Gasteiger partial charge in [-0.25, -0.2) is 4.98 Å². The van der Waals surface area contributed by atoms with Gasteiger partial charge in [0.25, 0.3) is 5.91 Å². The number of aromatic nitrogens is 1. The summed E-state index contributed by atoms with van der Waals surface area (Å²) in [6, 6.07) is 5.38. The number of carbonyl (C=O) groups excluding carboxylic acids is 1. The summed E-state index contributed by atoms with van der Waals surface area (Å²) in [7, 11) is 4.18. The maximum absolute atomic E-state index is 12.0. The lowest BCUT2D eigenvalue weighted by Crippen LogP contribution is -2.54. The van der Waals surface area contributed by atoms with Gasteiger partial charge in [0.1, 0.15) is 10.8 Å². The number of piperazine rings is 1. The molecule has 0 bridgehead atoms. The van der Waals surface area contributed by atoms with E-state index in [1.165, 1.54) is 0 Å². The summed E-state index contributed by atoms with van der Waals surface area (Å²) in [5.41, 5.74) is 0.360. The third-order valence-corrected chi connectivity index (χ3v) is 3.64. The molecular formula is C13H19ClN4O. The molecule has 0 aromatic carbocycles. The molecule has 1 amide bonds. The van der Waals surface area contributed by atoms with E-state index in [4.69, 9.17) is 11.6 Å². The Morgan fingerprint density at radius 2 is 2.26 bits per heavy atom. The summed E-state index contributed by atoms with van der Waals surface area (Å²) in [6.45, 7) is 3.66. The number of rotatable bonds is 3. The van der Waals surface area contributed by atoms with Gasteiger partial charge in [0.2, 0.25) is 0 Å². The van der Waals surface area contributed by atoms with E-state index in [1.807, 2.05) is 0 Å². The summed E-state index contributed by atoms with van der Waals surface area (Å²) in [6.07, 6.45) is 0. The van der Waals surface area contributed by atoms with Gasteiger partial charge in [-0.1, -0.05) is 17.7 Å². The normalized spacial score (nSPS) is 21.3. The van der Waals surface area contributed by atoms with E-state index in [2.05, 4.69) is 34.2 Å². The van der Waals surface area contributed by atoms with Gasteiger partial charge in [0.15, 0.2) is 0 Å². The highest BCUT2D eigenvalue weighted by atomic mass is 35.5. The second kappa shape index (κ2) is 6.32. The molecule has 5 nitrogen and oxygen atoms in total. The van der Waals surface area contributed by atoms with Crippen molar-refractivity contribution in [3.8, 4) is 0 Å². The Morgan fingerprint density at radius 1 is 1.47 bits per heavy atom. The maximum Gasteiger partial charge on any atom is 0.269 e. The first kappa shape index (κ1) is 14.2. The average molecular weight is 283 g/mol. The van der Waals surface area contributed by atoms with Gasteiger partial charge in [-0.3, -0.25) is 9.69 Å². The second-order valence-corrected chi connectivity index (χ2v) is 5.34. The fourth-order valence-electron chi connectivity index (χ4n) is 2.16. The number of nitrogens with zero attached hydrogens (tertiary/aromatic N) is 3. The van der Waals surface area contributed by atoms with Gasteiger partial charge < -0.3 is 10.2 Å². The standard InChI is InChI=1S/C13H19ClN4O/c1-17-6-7-18(2)10(9-17)8-15-13(19)11-4-3-5-12(14)16-11/h3-5,10H,6-9H2,1-2H3,(H,15,19). The number of nitrogens with one attached hydrogen (secondary N) is 1. The van der Waals surface area contributed by atoms with Crippen LogP contribution in [0.4, 0.5) is 0 Å². The van der Waals surface area contributed by atoms with Gasteiger partial charge in [0, 0.05) is 32.2 Å². The van der Waals surface area contributed by atoms with Gasteiger partial charge in [-0.05, 0) is 26.2 Å². The highest BCUT2D eigenvalue weighted by molar-refractivity contribution is 6.29. The fraction of sp³-hybridized carbons (Fsp3) is 0.538. The van der Waals surface area contributed by atoms with Crippen molar-refractivity contribution in [2.45, 2.75) is 6.04 Å². The molecule has 0 saturated carbocycles. The van der Waals surface area contributed by atoms with Crippen molar-refractivity contribution in [3.05, 3.63) is 29.0 Å². The Balaban J connectivity index is 1.89. The SMILES string of the molecule is CN1CCN(C)C(CNC(=O)c2cccc(Cl)n2)C1. The van der Waals surface area contributed by atoms with Crippen LogP contribution in [0.3, 0.4) is 0 Å². The molecule has 2 heterocycles. The molecule has 0 radical (unpaired) electrons. The van der Waals surface area contributed by atoms with Crippen LogP contribution in [0, 0.1) is 0 Å². The van der Waals surface area contributed by atoms with Crippen molar-refractivity contribution in [2.75, 3.05) is 40.3 Å². The Bertz CT molecular complexity index is 454. The van der Waals surface area contributed by atoms with E-state index >= 15 is 0 Å². The summed E-state index contributed by atoms with van der Waals surface area (Å²) in [4.78, 5) is 20.5. The fourth-order valence-corrected chi connectivity index (χ4v) is 2.32. The average Bonchev–Trinajstić information content (AvgIpc) is 2.39. The van der Waals surface area contributed by atoms with Gasteiger partial charge >= 0.3 is 0 Å². The maximum atomic E-state index is 12.0. The molecule has 19 heavy (non-hydrogen) atoms. The summed E-state index contributed by atoms with van der Waals surface area (Å²) in [5, 5.41) is 3.25. The molecule has 2 rings (SSSR count). The van der Waals surface area contributed by atoms with Crippen molar-refractivity contribution >= 4 is 17.5 Å². The Kier molecular flexibility index (Phi) is 4.74. The minimum absolute atomic E-state index is 0.177. The Labute approximate surface area is 118 Å². The molecule has 104 valence electrons. The molecular weight excluding hydrogens is 264 g/mol. The molecule has 1 N–H and O–H groups in total. The molecule has 6 heteroatoms. The van der Waals surface area contributed by atoms with Crippen LogP contribution in [0.2, 0.25) is 5.15 Å². The van der Waals surface area contributed by atoms with Crippen LogP contribution in [0.1, 0.15) is 10.5 Å². The number of hydrogen-bond donors (Lipinski definition) is 1. The van der Waals surface area contributed by atoms with Crippen LogP contribution in [-0.2, 0) is 0 Å². The molecule has 1 unspecified atom stereocenters. The number of pyridine rings is 1. The van der Waals surface area contributed by atoms with Crippen LogP contribution < -0.4 is 5.32 Å². The zero-order chi connectivity index (χ0) is 13.8. The Hall–Kier alpha value is -1.17. The molecule has 1 aromatic rings. The molecule has 1 atom stereocenters. The molecule has 1 saturated heterocycles. The summed E-state index contributed by atoms with van der Waals surface area (Å²) >= 11 is 5.77. The zero-order valence-electron chi connectivity index (χ0n) is 11.3. The topological polar surface area (TPSA) is 48.5 Å². The first-order chi connectivity index (χ1) is 9.06. The lowest BCUT2D eigenvalue weighted by atomic mass is 10.2. The summed E-state index contributed by atoms with van der Waals surface area (Å²) in [5.74, 6) is -0.177. The molecule has 1 fully saturated rings. The van der Waals surface area contributed by atoms with Crippen LogP contribution in [0.5, 0.6) is 0 Å². The van der Waals surface area contributed by atoms with Crippen LogP contribution in [0.25, 0.3) is 0 Å². The molecule has 1 aliphatic rings. The number of halogens is 1. The van der Waals surface area contributed by atoms with E-state index in [0.29, 0.717) is 23.4 Å². The van der Waals surface area contributed by atoms with E-state index < -0.39 is 0 Å². The number of likely N-dealkylation sites (N-methyl/N-ethyl adjacent to an activating group) is 2. The Morgan fingerprint density at radius 3 is 3.00 bits per heavy atom. The lowest BCUT2D eigenvalue weighted by Gasteiger charge is -2.37. The van der Waals surface area contributed by atoms with Crippen LogP contribution >= 0.6 is 11.6 Å². The quantitative estimate of drug-likeness (QED) is 0.830. The smallest absolute Gasteiger partial charge is 0.269 e. The summed E-state index contributed by atoms with van der Waals surface area (Å²) < 4.78 is 0. The number of carbonyl (C=O) groups is 1. The molecule has 1 aromatic heterocycles. The first-order valence-corrected chi connectivity index (χ1v) is 6.73. The van der Waals surface area contributed by atoms with E-state index in [9.17, 15) is 4.79 Å². The highest BCUT2D eigenvalue weighted by Crippen LogP contribution is 2.07. The lowest BCUT2D eigenvalue weighted by molar-refractivity contribution is 0.0877. The van der Waals surface area contributed by atoms with Gasteiger partial charge in [-0.2, -0.15) is 0 Å². The third kappa shape index (κ3) is 3.89. The number of amides is 1. The predicted octanol–water partition coefficient (Wildman–Crippen LogP) is 0.711. The predicted molar refractivity (Wildman–Crippen MR) is 75.5 cm³/mol. The highest BCUT2D eigenvalue weighted by Gasteiger charge is 2.22. The third-order valence-electron chi connectivity index (χ3n) is 3.43. The van der Waals surface area contributed by atoms with Crippen molar-refractivity contribution in [3.63, 3.8) is 0 Å². The van der Waals surface area contributed by atoms with E-state index in [1.54, 1.807) is 18.2 Å². The van der Waals surface area contributed by atoms with Crippen LogP contribution in [-0.4, -0.2) is 67.0 Å². The van der Waals surface area contributed by atoms with Crippen molar-refractivity contribution in [1.29, 1.82) is 0 Å². The minimum atomic E-state index is -0.177. The molecule has 0 spiro atoms. The van der Waals surface area contributed by atoms with E-state index in [-0.39, 0.29) is 5.91 Å². The largest absolute Gasteiger partial charge is 0.349 e. The van der Waals surface area contributed by atoms with Gasteiger partial charge in [0.05, 0.1) is 0 Å². The van der Waals surface area contributed by atoms with Crippen molar-refractivity contribution < 1.29 is 4.79 Å². The minimum Gasteiger partial charge on any atom is -0.349 e. The van der Waals surface area contributed by atoms with Crippen molar-refractivity contribution in [2.24, 2.45) is 0 Å². The molecule has 1 aliphatic heterocycles.